The summed E-state index contributed by atoms with van der Waals surface area (Å²) in [5, 5.41) is 3.45. The number of hydrogen-bond acceptors (Lipinski definition) is 3. The lowest BCUT2D eigenvalue weighted by Gasteiger charge is -2.32. The number of nitrogens with one attached hydrogen (secondary N) is 1. The van der Waals surface area contributed by atoms with Gasteiger partial charge in [-0.3, -0.25) is 0 Å². The van der Waals surface area contributed by atoms with Crippen LogP contribution in [-0.4, -0.2) is 17.0 Å². The third-order valence-corrected chi connectivity index (χ3v) is 4.05. The number of rotatable bonds is 6. The van der Waals surface area contributed by atoms with Gasteiger partial charge >= 0.3 is 0 Å². The van der Waals surface area contributed by atoms with Gasteiger partial charge in [-0.25, -0.2) is 9.97 Å². The normalized spacial score (nSPS) is 15.6. The van der Waals surface area contributed by atoms with E-state index in [4.69, 9.17) is 0 Å². The molecule has 1 heterocycles. The lowest BCUT2D eigenvalue weighted by atomic mass is 9.78. The van der Waals surface area contributed by atoms with Crippen LogP contribution in [0.25, 0.3) is 0 Å². The molecule has 0 saturated heterocycles. The van der Waals surface area contributed by atoms with E-state index in [1.165, 1.54) is 5.56 Å². The van der Waals surface area contributed by atoms with Crippen LogP contribution in [0.1, 0.15) is 43.4 Å². The monoisotopic (exact) mass is 269 g/mol. The van der Waals surface area contributed by atoms with Crippen LogP contribution in [0, 0.1) is 5.92 Å². The molecular weight excluding hydrogens is 246 g/mol. The Labute approximate surface area is 121 Å². The first kappa shape index (κ1) is 14.7. The van der Waals surface area contributed by atoms with Crippen LogP contribution in [0.3, 0.4) is 0 Å². The van der Waals surface area contributed by atoms with Gasteiger partial charge in [-0.1, -0.05) is 50.6 Å². The van der Waals surface area contributed by atoms with E-state index < -0.39 is 0 Å². The van der Waals surface area contributed by atoms with Gasteiger partial charge in [-0.15, -0.1) is 0 Å². The molecule has 3 heteroatoms. The van der Waals surface area contributed by atoms with Crippen molar-refractivity contribution in [2.75, 3.05) is 7.05 Å². The van der Waals surface area contributed by atoms with Crippen molar-refractivity contribution in [1.82, 2.24) is 15.3 Å². The maximum absolute atomic E-state index is 4.16. The molecule has 106 valence electrons. The topological polar surface area (TPSA) is 37.8 Å². The number of nitrogens with zero attached hydrogens (tertiary/aromatic N) is 2. The molecule has 2 aromatic rings. The van der Waals surface area contributed by atoms with E-state index in [1.807, 2.05) is 19.4 Å². The van der Waals surface area contributed by atoms with Gasteiger partial charge in [-0.2, -0.15) is 0 Å². The zero-order chi connectivity index (χ0) is 14.4. The van der Waals surface area contributed by atoms with Crippen LogP contribution in [-0.2, 0) is 0 Å². The molecule has 0 saturated carbocycles. The first-order chi connectivity index (χ1) is 9.77. The number of aromatic nitrogens is 2. The fraction of sp³-hybridized carbons (Fsp3) is 0.412. The predicted octanol–water partition coefficient (Wildman–Crippen LogP) is 3.57. The Bertz CT molecular complexity index is 498. The first-order valence-electron chi connectivity index (χ1n) is 7.25. The highest BCUT2D eigenvalue weighted by atomic mass is 14.9. The minimum Gasteiger partial charge on any atom is -0.312 e. The fourth-order valence-corrected chi connectivity index (χ4v) is 2.80. The van der Waals surface area contributed by atoms with E-state index >= 15 is 0 Å². The SMILES string of the molecule is CCC(C)C(c1ccccc1)C(NC)c1cncnc1. The smallest absolute Gasteiger partial charge is 0.115 e. The molecule has 0 amide bonds. The van der Waals surface area contributed by atoms with Crippen molar-refractivity contribution >= 4 is 0 Å². The molecule has 2 rings (SSSR count). The van der Waals surface area contributed by atoms with Crippen LogP contribution < -0.4 is 5.32 Å². The highest BCUT2D eigenvalue weighted by Crippen LogP contribution is 2.37. The molecule has 20 heavy (non-hydrogen) atoms. The Kier molecular flexibility index (Phi) is 5.24. The largest absolute Gasteiger partial charge is 0.312 e. The third-order valence-electron chi connectivity index (χ3n) is 4.05. The number of likely N-dealkylation sites (N-methyl/N-ethyl adjacent to an activating group) is 1. The molecule has 0 spiro atoms. The molecule has 3 unspecified atom stereocenters. The average molecular weight is 269 g/mol. The van der Waals surface area contributed by atoms with E-state index in [2.05, 4.69) is 59.5 Å². The summed E-state index contributed by atoms with van der Waals surface area (Å²) < 4.78 is 0. The maximum atomic E-state index is 4.16. The van der Waals surface area contributed by atoms with Crippen LogP contribution in [0.4, 0.5) is 0 Å². The second-order valence-electron chi connectivity index (χ2n) is 5.26. The Balaban J connectivity index is 2.39. The summed E-state index contributed by atoms with van der Waals surface area (Å²) in [4.78, 5) is 8.33. The van der Waals surface area contributed by atoms with Crippen molar-refractivity contribution in [3.05, 3.63) is 60.2 Å². The molecule has 0 aliphatic carbocycles. The fourth-order valence-electron chi connectivity index (χ4n) is 2.80. The summed E-state index contributed by atoms with van der Waals surface area (Å²) >= 11 is 0. The first-order valence-corrected chi connectivity index (χ1v) is 7.25. The average Bonchev–Trinajstić information content (AvgIpc) is 2.53. The van der Waals surface area contributed by atoms with Crippen LogP contribution in [0.5, 0.6) is 0 Å². The molecule has 3 nitrogen and oxygen atoms in total. The maximum Gasteiger partial charge on any atom is 0.115 e. The van der Waals surface area contributed by atoms with Gasteiger partial charge in [0, 0.05) is 29.9 Å². The Morgan fingerprint density at radius 3 is 2.25 bits per heavy atom. The Morgan fingerprint density at radius 2 is 1.70 bits per heavy atom. The highest BCUT2D eigenvalue weighted by Gasteiger charge is 2.28. The van der Waals surface area contributed by atoms with Crippen LogP contribution >= 0.6 is 0 Å². The summed E-state index contributed by atoms with van der Waals surface area (Å²) in [6.07, 6.45) is 6.54. The van der Waals surface area contributed by atoms with Gasteiger partial charge in [0.25, 0.3) is 0 Å². The molecule has 0 radical (unpaired) electrons. The molecule has 0 bridgehead atoms. The van der Waals surface area contributed by atoms with Crippen molar-refractivity contribution in [3.8, 4) is 0 Å². The molecular formula is C17H23N3. The molecule has 1 aromatic carbocycles. The third kappa shape index (κ3) is 3.23. The van der Waals surface area contributed by atoms with Crippen LogP contribution in [0.15, 0.2) is 49.1 Å². The second kappa shape index (κ2) is 7.15. The second-order valence-corrected chi connectivity index (χ2v) is 5.26. The van der Waals surface area contributed by atoms with E-state index in [0.717, 1.165) is 12.0 Å². The van der Waals surface area contributed by atoms with Crippen molar-refractivity contribution in [2.24, 2.45) is 5.92 Å². The molecule has 1 N–H and O–H groups in total. The predicted molar refractivity (Wildman–Crippen MR) is 82.5 cm³/mol. The quantitative estimate of drug-likeness (QED) is 0.871. The summed E-state index contributed by atoms with van der Waals surface area (Å²) in [5.74, 6) is 0.993. The molecule has 0 aliphatic heterocycles. The number of hydrogen-bond donors (Lipinski definition) is 1. The van der Waals surface area contributed by atoms with Gasteiger partial charge in [0.2, 0.25) is 0 Å². The van der Waals surface area contributed by atoms with Gasteiger partial charge in [0.05, 0.1) is 0 Å². The zero-order valence-electron chi connectivity index (χ0n) is 12.5. The van der Waals surface area contributed by atoms with Crippen molar-refractivity contribution in [3.63, 3.8) is 0 Å². The number of benzene rings is 1. The van der Waals surface area contributed by atoms with E-state index in [0.29, 0.717) is 11.8 Å². The Hall–Kier alpha value is -1.74. The van der Waals surface area contributed by atoms with Gasteiger partial charge in [0.15, 0.2) is 0 Å². The zero-order valence-corrected chi connectivity index (χ0v) is 12.5. The highest BCUT2D eigenvalue weighted by molar-refractivity contribution is 5.26. The molecule has 0 aliphatic rings. The molecule has 3 atom stereocenters. The van der Waals surface area contributed by atoms with E-state index in [-0.39, 0.29) is 6.04 Å². The summed E-state index contributed by atoms with van der Waals surface area (Å²) in [6, 6.07) is 10.9. The van der Waals surface area contributed by atoms with E-state index in [1.54, 1.807) is 6.33 Å². The summed E-state index contributed by atoms with van der Waals surface area (Å²) in [5.41, 5.74) is 2.51. The minimum atomic E-state index is 0.230. The summed E-state index contributed by atoms with van der Waals surface area (Å²) in [7, 11) is 2.01. The van der Waals surface area contributed by atoms with Crippen molar-refractivity contribution < 1.29 is 0 Å². The minimum absolute atomic E-state index is 0.230. The van der Waals surface area contributed by atoms with Gasteiger partial charge in [0.1, 0.15) is 6.33 Å². The van der Waals surface area contributed by atoms with Crippen molar-refractivity contribution in [1.29, 1.82) is 0 Å². The molecule has 1 aromatic heterocycles. The standard InChI is InChI=1S/C17H23N3/c1-4-13(2)16(14-8-6-5-7-9-14)17(18-3)15-10-19-12-20-11-15/h5-13,16-18H,4H2,1-3H3. The lowest BCUT2D eigenvalue weighted by Crippen LogP contribution is -2.28. The molecule has 0 fully saturated rings. The van der Waals surface area contributed by atoms with Gasteiger partial charge in [-0.05, 0) is 18.5 Å². The van der Waals surface area contributed by atoms with Gasteiger partial charge < -0.3 is 5.32 Å². The van der Waals surface area contributed by atoms with Crippen molar-refractivity contribution in [2.45, 2.75) is 32.2 Å². The lowest BCUT2D eigenvalue weighted by molar-refractivity contribution is 0.353. The summed E-state index contributed by atoms with van der Waals surface area (Å²) in [6.45, 7) is 4.56. The van der Waals surface area contributed by atoms with Crippen LogP contribution in [0.2, 0.25) is 0 Å². The van der Waals surface area contributed by atoms with E-state index in [9.17, 15) is 0 Å². The Morgan fingerprint density at radius 1 is 1.05 bits per heavy atom.